The van der Waals surface area contributed by atoms with Gasteiger partial charge in [-0.1, -0.05) is 37.8 Å². The molecule has 20 heavy (non-hydrogen) atoms. The molecule has 4 nitrogen and oxygen atoms in total. The number of non-ortho nitro benzene ring substituents is 1. The largest absolute Gasteiger partial charge is 0.310 e. The van der Waals surface area contributed by atoms with Gasteiger partial charge in [-0.15, -0.1) is 0 Å². The summed E-state index contributed by atoms with van der Waals surface area (Å²) in [4.78, 5) is 10.4. The van der Waals surface area contributed by atoms with E-state index in [1.807, 2.05) is 0 Å². The highest BCUT2D eigenvalue weighted by Crippen LogP contribution is 2.28. The fourth-order valence-electron chi connectivity index (χ4n) is 3.02. The van der Waals surface area contributed by atoms with Gasteiger partial charge in [-0.3, -0.25) is 10.1 Å². The molecule has 1 aliphatic carbocycles. The summed E-state index contributed by atoms with van der Waals surface area (Å²) < 4.78 is 0. The number of nitro benzene ring substituents is 1. The molecule has 1 saturated carbocycles. The van der Waals surface area contributed by atoms with Gasteiger partial charge in [0.2, 0.25) is 0 Å². The van der Waals surface area contributed by atoms with Gasteiger partial charge in [0.1, 0.15) is 0 Å². The Hall–Kier alpha value is -1.13. The van der Waals surface area contributed by atoms with Crippen molar-refractivity contribution in [2.24, 2.45) is 5.92 Å². The molecule has 0 spiro atoms. The van der Waals surface area contributed by atoms with Gasteiger partial charge in [0, 0.05) is 29.7 Å². The average Bonchev–Trinajstić information content (AvgIpc) is 2.46. The summed E-state index contributed by atoms with van der Waals surface area (Å²) in [6.45, 7) is 2.83. The smallest absolute Gasteiger partial charge is 0.269 e. The van der Waals surface area contributed by atoms with E-state index in [1.165, 1.54) is 38.2 Å². The van der Waals surface area contributed by atoms with Crippen molar-refractivity contribution in [3.05, 3.63) is 38.9 Å². The fourth-order valence-corrected chi connectivity index (χ4v) is 3.20. The monoisotopic (exact) mass is 296 g/mol. The fraction of sp³-hybridized carbons (Fsp3) is 0.600. The topological polar surface area (TPSA) is 55.2 Å². The minimum Gasteiger partial charge on any atom is -0.310 e. The minimum absolute atomic E-state index is 0.0990. The Kier molecular flexibility index (Phi) is 5.38. The number of hydrogen-bond acceptors (Lipinski definition) is 3. The van der Waals surface area contributed by atoms with E-state index < -0.39 is 0 Å². The minimum atomic E-state index is -0.380. The van der Waals surface area contributed by atoms with Crippen molar-refractivity contribution in [1.82, 2.24) is 5.32 Å². The zero-order chi connectivity index (χ0) is 14.5. The molecule has 0 aliphatic heterocycles. The van der Waals surface area contributed by atoms with Crippen LogP contribution in [0.2, 0.25) is 5.02 Å². The van der Waals surface area contributed by atoms with Crippen LogP contribution in [-0.2, 0) is 6.54 Å². The Morgan fingerprint density at radius 3 is 2.85 bits per heavy atom. The van der Waals surface area contributed by atoms with Gasteiger partial charge >= 0.3 is 0 Å². The summed E-state index contributed by atoms with van der Waals surface area (Å²) in [5, 5.41) is 14.9. The third kappa shape index (κ3) is 3.70. The van der Waals surface area contributed by atoms with Crippen molar-refractivity contribution in [3.63, 3.8) is 0 Å². The molecule has 1 aromatic carbocycles. The van der Waals surface area contributed by atoms with E-state index in [0.717, 1.165) is 5.56 Å². The number of nitro groups is 1. The van der Waals surface area contributed by atoms with Gasteiger partial charge in [-0.05, 0) is 30.4 Å². The van der Waals surface area contributed by atoms with E-state index >= 15 is 0 Å². The lowest BCUT2D eigenvalue weighted by atomic mass is 9.83. The van der Waals surface area contributed by atoms with Crippen LogP contribution in [0, 0.1) is 16.0 Å². The molecule has 1 aliphatic rings. The first-order valence-electron chi connectivity index (χ1n) is 7.28. The van der Waals surface area contributed by atoms with Gasteiger partial charge in [-0.25, -0.2) is 0 Å². The lowest BCUT2D eigenvalue weighted by Gasteiger charge is -2.31. The molecule has 5 heteroatoms. The summed E-state index contributed by atoms with van der Waals surface area (Å²) in [7, 11) is 0. The maximum absolute atomic E-state index is 10.8. The Morgan fingerprint density at radius 2 is 2.15 bits per heavy atom. The van der Waals surface area contributed by atoms with E-state index in [2.05, 4.69) is 12.2 Å². The van der Waals surface area contributed by atoms with Crippen molar-refractivity contribution < 1.29 is 4.92 Å². The second-order valence-corrected chi connectivity index (χ2v) is 5.88. The van der Waals surface area contributed by atoms with Crippen LogP contribution in [0.5, 0.6) is 0 Å². The van der Waals surface area contributed by atoms with E-state index in [-0.39, 0.29) is 10.6 Å². The first kappa shape index (κ1) is 15.3. The highest BCUT2D eigenvalue weighted by molar-refractivity contribution is 6.31. The molecule has 1 aromatic rings. The number of rotatable bonds is 5. The van der Waals surface area contributed by atoms with Gasteiger partial charge in [0.15, 0.2) is 0 Å². The summed E-state index contributed by atoms with van der Waals surface area (Å²) in [5.41, 5.74) is 0.906. The lowest BCUT2D eigenvalue weighted by molar-refractivity contribution is -0.384. The molecule has 0 bridgehead atoms. The van der Waals surface area contributed by atoms with Crippen molar-refractivity contribution in [3.8, 4) is 0 Å². The first-order valence-corrected chi connectivity index (χ1v) is 7.65. The third-order valence-corrected chi connectivity index (χ3v) is 4.60. The molecule has 2 atom stereocenters. The Labute approximate surface area is 124 Å². The van der Waals surface area contributed by atoms with Crippen LogP contribution < -0.4 is 5.32 Å². The van der Waals surface area contributed by atoms with Crippen molar-refractivity contribution in [2.45, 2.75) is 51.6 Å². The van der Waals surface area contributed by atoms with Gasteiger partial charge in [0.25, 0.3) is 5.69 Å². The molecular weight excluding hydrogens is 276 g/mol. The number of halogens is 1. The van der Waals surface area contributed by atoms with Gasteiger partial charge in [-0.2, -0.15) is 0 Å². The molecule has 0 amide bonds. The van der Waals surface area contributed by atoms with Crippen LogP contribution in [0.3, 0.4) is 0 Å². The molecule has 2 unspecified atom stereocenters. The van der Waals surface area contributed by atoms with E-state index in [9.17, 15) is 10.1 Å². The van der Waals surface area contributed by atoms with Crippen molar-refractivity contribution in [2.75, 3.05) is 0 Å². The molecule has 2 rings (SSSR count). The lowest BCUT2D eigenvalue weighted by Crippen LogP contribution is -2.37. The van der Waals surface area contributed by atoms with Gasteiger partial charge in [0.05, 0.1) is 4.92 Å². The quantitative estimate of drug-likeness (QED) is 0.651. The molecule has 1 fully saturated rings. The number of benzene rings is 1. The summed E-state index contributed by atoms with van der Waals surface area (Å²) in [5.74, 6) is 0.709. The zero-order valence-electron chi connectivity index (χ0n) is 11.8. The standard InChI is InChI=1S/C15H21ClN2O2/c1-2-11-5-3-4-6-15(11)17-10-12-9-13(18(19)20)7-8-14(12)16/h7-9,11,15,17H,2-6,10H2,1H3. The Morgan fingerprint density at radius 1 is 1.40 bits per heavy atom. The summed E-state index contributed by atoms with van der Waals surface area (Å²) in [6, 6.07) is 5.12. The van der Waals surface area contributed by atoms with Crippen LogP contribution in [0.15, 0.2) is 18.2 Å². The molecule has 0 saturated heterocycles. The molecule has 0 aromatic heterocycles. The average molecular weight is 297 g/mol. The molecule has 0 radical (unpaired) electrons. The second kappa shape index (κ2) is 7.04. The Balaban J connectivity index is 2.02. The predicted molar refractivity (Wildman–Crippen MR) is 81.0 cm³/mol. The molecule has 1 N–H and O–H groups in total. The maximum atomic E-state index is 10.8. The van der Waals surface area contributed by atoms with E-state index in [0.29, 0.717) is 23.5 Å². The Bertz CT molecular complexity index is 479. The summed E-state index contributed by atoms with van der Waals surface area (Å²) in [6.07, 6.45) is 6.22. The molecular formula is C15H21ClN2O2. The predicted octanol–water partition coefficient (Wildman–Crippen LogP) is 4.31. The van der Waals surface area contributed by atoms with Crippen molar-refractivity contribution >= 4 is 17.3 Å². The van der Waals surface area contributed by atoms with Crippen LogP contribution in [0.1, 0.15) is 44.6 Å². The van der Waals surface area contributed by atoms with Crippen LogP contribution in [0.4, 0.5) is 5.69 Å². The van der Waals surface area contributed by atoms with Crippen LogP contribution in [-0.4, -0.2) is 11.0 Å². The SMILES string of the molecule is CCC1CCCCC1NCc1cc([N+](=O)[O-])ccc1Cl. The van der Waals surface area contributed by atoms with E-state index in [1.54, 1.807) is 12.1 Å². The first-order chi connectivity index (χ1) is 9.61. The normalized spacial score (nSPS) is 22.7. The number of nitrogens with one attached hydrogen (secondary N) is 1. The highest BCUT2D eigenvalue weighted by atomic mass is 35.5. The highest BCUT2D eigenvalue weighted by Gasteiger charge is 2.23. The number of nitrogens with zero attached hydrogens (tertiary/aromatic N) is 1. The van der Waals surface area contributed by atoms with Crippen molar-refractivity contribution in [1.29, 1.82) is 0 Å². The maximum Gasteiger partial charge on any atom is 0.269 e. The van der Waals surface area contributed by atoms with Gasteiger partial charge < -0.3 is 5.32 Å². The third-order valence-electron chi connectivity index (χ3n) is 4.23. The summed E-state index contributed by atoms with van der Waals surface area (Å²) >= 11 is 6.13. The van der Waals surface area contributed by atoms with Crippen LogP contribution in [0.25, 0.3) is 0 Å². The second-order valence-electron chi connectivity index (χ2n) is 5.47. The van der Waals surface area contributed by atoms with Crippen LogP contribution >= 0.6 is 11.6 Å². The van der Waals surface area contributed by atoms with E-state index in [4.69, 9.17) is 11.6 Å². The molecule has 110 valence electrons. The molecule has 0 heterocycles. The number of hydrogen-bond donors (Lipinski definition) is 1. The zero-order valence-corrected chi connectivity index (χ0v) is 12.5.